The Hall–Kier alpha value is -2.69. The predicted octanol–water partition coefficient (Wildman–Crippen LogP) is 6.24. The van der Waals surface area contributed by atoms with Gasteiger partial charge >= 0.3 is 0 Å². The van der Waals surface area contributed by atoms with E-state index in [0.29, 0.717) is 10.0 Å². The van der Waals surface area contributed by atoms with Crippen LogP contribution in [0, 0.1) is 0 Å². The monoisotopic (exact) mass is 424 g/mol. The number of halogens is 2. The zero-order valence-corrected chi connectivity index (χ0v) is 17.2. The van der Waals surface area contributed by atoms with E-state index < -0.39 is 6.23 Å². The quantitative estimate of drug-likeness (QED) is 0.498. The van der Waals surface area contributed by atoms with Gasteiger partial charge in [-0.15, -0.1) is 0 Å². The summed E-state index contributed by atoms with van der Waals surface area (Å²) in [4.78, 5) is 0. The average Bonchev–Trinajstić information content (AvgIpc) is 3.20. The van der Waals surface area contributed by atoms with Crippen molar-refractivity contribution in [2.24, 2.45) is 5.10 Å². The van der Waals surface area contributed by atoms with Gasteiger partial charge in [0.15, 0.2) is 0 Å². The van der Waals surface area contributed by atoms with Gasteiger partial charge in [0, 0.05) is 33.2 Å². The third-order valence-corrected chi connectivity index (χ3v) is 5.91. The van der Waals surface area contributed by atoms with Crippen molar-refractivity contribution in [3.8, 4) is 11.5 Å². The highest BCUT2D eigenvalue weighted by Crippen LogP contribution is 2.49. The lowest BCUT2D eigenvalue weighted by Crippen LogP contribution is -2.33. The molecule has 0 unspecified atom stereocenters. The molecule has 0 aromatic heterocycles. The van der Waals surface area contributed by atoms with E-state index in [1.807, 2.05) is 71.7 Å². The largest absolute Gasteiger partial charge is 0.497 e. The molecule has 6 heteroatoms. The lowest BCUT2D eigenvalue weighted by molar-refractivity contribution is -0.0189. The molecule has 0 radical (unpaired) electrons. The van der Waals surface area contributed by atoms with Crippen LogP contribution in [0.3, 0.4) is 0 Å². The highest BCUT2D eigenvalue weighted by molar-refractivity contribution is 6.31. The summed E-state index contributed by atoms with van der Waals surface area (Å²) >= 11 is 12.8. The van der Waals surface area contributed by atoms with E-state index in [9.17, 15) is 0 Å². The first-order valence-corrected chi connectivity index (χ1v) is 10.1. The van der Waals surface area contributed by atoms with Crippen molar-refractivity contribution < 1.29 is 9.47 Å². The van der Waals surface area contributed by atoms with E-state index in [2.05, 4.69) is 0 Å². The zero-order chi connectivity index (χ0) is 20.0. The number of nitrogens with zero attached hydrogens (tertiary/aromatic N) is 2. The Morgan fingerprint density at radius 1 is 1.00 bits per heavy atom. The standard InChI is InChI=1S/C23H18Cl2N2O2/c1-28-16-6-4-5-14(11-16)20-13-21-18-12-15(24)9-10-22(18)29-23(27(21)26-20)17-7-2-3-8-19(17)25/h2-12,21,23H,13H2,1H3/t21-,23+/m0/s1. The van der Waals surface area contributed by atoms with E-state index in [1.54, 1.807) is 7.11 Å². The average molecular weight is 425 g/mol. The highest BCUT2D eigenvalue weighted by Gasteiger charge is 2.41. The maximum Gasteiger partial charge on any atom is 0.215 e. The highest BCUT2D eigenvalue weighted by atomic mass is 35.5. The summed E-state index contributed by atoms with van der Waals surface area (Å²) in [5, 5.41) is 8.28. The molecule has 5 rings (SSSR count). The molecule has 0 saturated carbocycles. The van der Waals surface area contributed by atoms with Crippen LogP contribution >= 0.6 is 23.2 Å². The molecule has 3 aromatic carbocycles. The maximum absolute atomic E-state index is 6.50. The Bertz CT molecular complexity index is 1120. The van der Waals surface area contributed by atoms with Gasteiger partial charge in [-0.1, -0.05) is 53.5 Å². The van der Waals surface area contributed by atoms with Gasteiger partial charge in [0.25, 0.3) is 0 Å². The fourth-order valence-corrected chi connectivity index (χ4v) is 4.33. The first-order valence-electron chi connectivity index (χ1n) is 9.35. The van der Waals surface area contributed by atoms with E-state index >= 15 is 0 Å². The summed E-state index contributed by atoms with van der Waals surface area (Å²) in [6, 6.07) is 21.4. The van der Waals surface area contributed by atoms with Crippen LogP contribution in [0.1, 0.15) is 35.4 Å². The molecule has 0 bridgehead atoms. The molecular formula is C23H18Cl2N2O2. The van der Waals surface area contributed by atoms with E-state index in [4.69, 9.17) is 37.8 Å². The Kier molecular flexibility index (Phi) is 4.61. The minimum absolute atomic E-state index is 0.0138. The molecular weight excluding hydrogens is 407 g/mol. The maximum atomic E-state index is 6.50. The molecule has 0 saturated heterocycles. The van der Waals surface area contributed by atoms with E-state index in [1.165, 1.54) is 0 Å². The van der Waals surface area contributed by atoms with Crippen LogP contribution < -0.4 is 9.47 Å². The number of methoxy groups -OCH3 is 1. The lowest BCUT2D eigenvalue weighted by atomic mass is 9.96. The first-order chi connectivity index (χ1) is 14.1. The second kappa shape index (κ2) is 7.29. The van der Waals surface area contributed by atoms with Crippen molar-refractivity contribution in [2.45, 2.75) is 18.7 Å². The van der Waals surface area contributed by atoms with Crippen molar-refractivity contribution in [2.75, 3.05) is 7.11 Å². The molecule has 0 aliphatic carbocycles. The molecule has 0 spiro atoms. The van der Waals surface area contributed by atoms with Gasteiger partial charge in [0.2, 0.25) is 6.23 Å². The zero-order valence-electron chi connectivity index (χ0n) is 15.7. The fraction of sp³-hybridized carbons (Fsp3) is 0.174. The number of rotatable bonds is 3. The Morgan fingerprint density at radius 2 is 1.86 bits per heavy atom. The summed E-state index contributed by atoms with van der Waals surface area (Å²) < 4.78 is 11.7. The predicted molar refractivity (Wildman–Crippen MR) is 115 cm³/mol. The normalized spacial score (nSPS) is 19.8. The van der Waals surface area contributed by atoms with Crippen molar-refractivity contribution in [3.63, 3.8) is 0 Å². The van der Waals surface area contributed by atoms with Gasteiger partial charge in [0.05, 0.1) is 18.9 Å². The third kappa shape index (κ3) is 3.22. The Morgan fingerprint density at radius 3 is 2.69 bits per heavy atom. The number of benzene rings is 3. The smallest absolute Gasteiger partial charge is 0.215 e. The summed E-state index contributed by atoms with van der Waals surface area (Å²) in [5.41, 5.74) is 3.92. The molecule has 3 aromatic rings. The molecule has 2 heterocycles. The van der Waals surface area contributed by atoms with Crippen molar-refractivity contribution in [1.29, 1.82) is 0 Å². The molecule has 2 atom stereocenters. The van der Waals surface area contributed by atoms with Crippen molar-refractivity contribution in [3.05, 3.63) is 93.5 Å². The van der Waals surface area contributed by atoms with E-state index in [-0.39, 0.29) is 6.04 Å². The van der Waals surface area contributed by atoms with Gasteiger partial charge < -0.3 is 9.47 Å². The molecule has 4 nitrogen and oxygen atoms in total. The molecule has 0 N–H and O–H groups in total. The van der Waals surface area contributed by atoms with Crippen LogP contribution in [0.15, 0.2) is 71.8 Å². The van der Waals surface area contributed by atoms with Crippen LogP contribution in [-0.2, 0) is 0 Å². The Balaban J connectivity index is 1.62. The number of fused-ring (bicyclic) bond motifs is 3. The molecule has 146 valence electrons. The third-order valence-electron chi connectivity index (χ3n) is 5.33. The molecule has 29 heavy (non-hydrogen) atoms. The van der Waals surface area contributed by atoms with E-state index in [0.717, 1.165) is 40.3 Å². The second-order valence-electron chi connectivity index (χ2n) is 7.05. The molecule has 2 aliphatic rings. The minimum atomic E-state index is -0.412. The van der Waals surface area contributed by atoms with Crippen LogP contribution in [-0.4, -0.2) is 17.8 Å². The van der Waals surface area contributed by atoms with Crippen LogP contribution in [0.4, 0.5) is 0 Å². The van der Waals surface area contributed by atoms with Crippen molar-refractivity contribution >= 4 is 28.9 Å². The van der Waals surface area contributed by atoms with Gasteiger partial charge in [0.1, 0.15) is 11.5 Å². The molecule has 0 amide bonds. The number of hydrogen-bond acceptors (Lipinski definition) is 4. The molecule has 2 aliphatic heterocycles. The first kappa shape index (κ1) is 18.3. The SMILES string of the molecule is COc1cccc(C2=NN3[C@@H](c4ccccc4Cl)Oc4ccc(Cl)cc4[C@@H]3C2)c1. The van der Waals surface area contributed by atoms with Gasteiger partial charge in [-0.2, -0.15) is 5.10 Å². The number of hydrazone groups is 1. The van der Waals surface area contributed by atoms with Crippen molar-refractivity contribution in [1.82, 2.24) is 5.01 Å². The van der Waals surface area contributed by atoms with Gasteiger partial charge in [-0.25, -0.2) is 5.01 Å². The summed E-state index contributed by atoms with van der Waals surface area (Å²) in [6.07, 6.45) is 0.329. The lowest BCUT2D eigenvalue weighted by Gasteiger charge is -2.38. The summed E-state index contributed by atoms with van der Waals surface area (Å²) in [7, 11) is 1.67. The summed E-state index contributed by atoms with van der Waals surface area (Å²) in [5.74, 6) is 1.61. The van der Waals surface area contributed by atoms with Gasteiger partial charge in [-0.05, 0) is 36.4 Å². The van der Waals surface area contributed by atoms with Gasteiger partial charge in [-0.3, -0.25) is 0 Å². The van der Waals surface area contributed by atoms with Crippen LogP contribution in [0.2, 0.25) is 10.0 Å². The number of ether oxygens (including phenoxy) is 2. The summed E-state index contributed by atoms with van der Waals surface area (Å²) in [6.45, 7) is 0. The second-order valence-corrected chi connectivity index (χ2v) is 7.90. The fourth-order valence-electron chi connectivity index (χ4n) is 3.92. The van der Waals surface area contributed by atoms with Crippen LogP contribution in [0.5, 0.6) is 11.5 Å². The number of hydrogen-bond donors (Lipinski definition) is 0. The Labute approximate surface area is 179 Å². The minimum Gasteiger partial charge on any atom is -0.497 e. The topological polar surface area (TPSA) is 34.1 Å². The van der Waals surface area contributed by atoms with Crippen LogP contribution in [0.25, 0.3) is 0 Å². The molecule has 0 fully saturated rings.